The van der Waals surface area contributed by atoms with Gasteiger partial charge in [-0.15, -0.1) is 0 Å². The van der Waals surface area contributed by atoms with Crippen molar-refractivity contribution < 1.29 is 4.79 Å². The van der Waals surface area contributed by atoms with Gasteiger partial charge in [-0.2, -0.15) is 0 Å². The third kappa shape index (κ3) is 2.27. The van der Waals surface area contributed by atoms with Gasteiger partial charge < -0.3 is 10.2 Å². The lowest BCUT2D eigenvalue weighted by Crippen LogP contribution is -2.43. The van der Waals surface area contributed by atoms with Crippen molar-refractivity contribution in [1.82, 2.24) is 10.2 Å². The minimum Gasteiger partial charge on any atom is -0.316 e. The van der Waals surface area contributed by atoms with Crippen molar-refractivity contribution in [1.29, 1.82) is 0 Å². The standard InChI is InChI=1S/C17H23N3O/c1-12-6-13-4-2-3-5-16(13)20(12)17(21)11-19-9-14-7-18-8-15(14)10-19/h2-5,12,14-15,18H,6-11H2,1H3. The zero-order chi connectivity index (χ0) is 14.4. The largest absolute Gasteiger partial charge is 0.316 e. The number of amides is 1. The van der Waals surface area contributed by atoms with Gasteiger partial charge in [0.1, 0.15) is 0 Å². The quantitative estimate of drug-likeness (QED) is 0.884. The maximum atomic E-state index is 12.8. The van der Waals surface area contributed by atoms with E-state index in [4.69, 9.17) is 0 Å². The molecule has 2 fully saturated rings. The molecular weight excluding hydrogens is 262 g/mol. The lowest BCUT2D eigenvalue weighted by molar-refractivity contribution is -0.119. The van der Waals surface area contributed by atoms with Crippen molar-refractivity contribution in [2.24, 2.45) is 11.8 Å². The van der Waals surface area contributed by atoms with E-state index in [-0.39, 0.29) is 5.91 Å². The zero-order valence-corrected chi connectivity index (χ0v) is 12.6. The second-order valence-corrected chi connectivity index (χ2v) is 6.82. The third-order valence-corrected chi connectivity index (χ3v) is 5.30. The summed E-state index contributed by atoms with van der Waals surface area (Å²) in [6, 6.07) is 8.61. The molecule has 0 radical (unpaired) electrons. The molecule has 4 nitrogen and oxygen atoms in total. The van der Waals surface area contributed by atoms with Gasteiger partial charge in [-0.05, 0) is 49.9 Å². The van der Waals surface area contributed by atoms with Gasteiger partial charge in [0.15, 0.2) is 0 Å². The van der Waals surface area contributed by atoms with E-state index in [1.165, 1.54) is 5.56 Å². The summed E-state index contributed by atoms with van der Waals surface area (Å²) in [4.78, 5) is 17.1. The molecule has 1 aromatic rings. The summed E-state index contributed by atoms with van der Waals surface area (Å²) in [5.74, 6) is 1.77. The molecule has 112 valence electrons. The molecule has 0 bridgehead atoms. The molecule has 0 saturated carbocycles. The normalized spacial score (nSPS) is 31.5. The first-order chi connectivity index (χ1) is 10.2. The van der Waals surface area contributed by atoms with Crippen molar-refractivity contribution >= 4 is 11.6 Å². The van der Waals surface area contributed by atoms with E-state index in [1.54, 1.807) is 0 Å². The fourth-order valence-electron chi connectivity index (χ4n) is 4.29. The van der Waals surface area contributed by atoms with Crippen molar-refractivity contribution in [2.75, 3.05) is 37.6 Å². The number of carbonyl (C=O) groups is 1. The highest BCUT2D eigenvalue weighted by molar-refractivity contribution is 5.97. The lowest BCUT2D eigenvalue weighted by atomic mass is 10.0. The molecule has 3 aliphatic heterocycles. The number of benzene rings is 1. The van der Waals surface area contributed by atoms with E-state index in [0.29, 0.717) is 12.6 Å². The number of para-hydroxylation sites is 1. The molecule has 21 heavy (non-hydrogen) atoms. The maximum Gasteiger partial charge on any atom is 0.241 e. The van der Waals surface area contributed by atoms with E-state index in [9.17, 15) is 4.79 Å². The Labute approximate surface area is 126 Å². The Morgan fingerprint density at radius 1 is 1.24 bits per heavy atom. The van der Waals surface area contributed by atoms with Crippen LogP contribution in [0.3, 0.4) is 0 Å². The van der Waals surface area contributed by atoms with E-state index < -0.39 is 0 Å². The second kappa shape index (κ2) is 5.11. The van der Waals surface area contributed by atoms with Crippen LogP contribution in [-0.4, -0.2) is 49.6 Å². The van der Waals surface area contributed by atoms with Gasteiger partial charge in [-0.1, -0.05) is 18.2 Å². The first-order valence-electron chi connectivity index (χ1n) is 8.05. The van der Waals surface area contributed by atoms with Crippen LogP contribution in [0, 0.1) is 11.8 Å². The Hall–Kier alpha value is -1.39. The van der Waals surface area contributed by atoms with Gasteiger partial charge >= 0.3 is 0 Å². The van der Waals surface area contributed by atoms with Crippen LogP contribution in [0.15, 0.2) is 24.3 Å². The van der Waals surface area contributed by atoms with Crippen LogP contribution < -0.4 is 10.2 Å². The fraction of sp³-hybridized carbons (Fsp3) is 0.588. The van der Waals surface area contributed by atoms with Crippen LogP contribution in [0.4, 0.5) is 5.69 Å². The van der Waals surface area contributed by atoms with Gasteiger partial charge in [-0.3, -0.25) is 9.69 Å². The smallest absolute Gasteiger partial charge is 0.241 e. The van der Waals surface area contributed by atoms with Gasteiger partial charge in [-0.25, -0.2) is 0 Å². The summed E-state index contributed by atoms with van der Waals surface area (Å²) in [6.07, 6.45) is 0.983. The summed E-state index contributed by atoms with van der Waals surface area (Å²) in [7, 11) is 0. The molecule has 3 unspecified atom stereocenters. The SMILES string of the molecule is CC1Cc2ccccc2N1C(=O)CN1CC2CNCC2C1. The lowest BCUT2D eigenvalue weighted by Gasteiger charge is -2.26. The number of fused-ring (bicyclic) bond motifs is 2. The van der Waals surface area contributed by atoms with E-state index >= 15 is 0 Å². The Bertz CT molecular complexity index is 547. The van der Waals surface area contributed by atoms with Crippen molar-refractivity contribution in [3.8, 4) is 0 Å². The fourth-order valence-corrected chi connectivity index (χ4v) is 4.29. The van der Waals surface area contributed by atoms with Crippen molar-refractivity contribution in [3.05, 3.63) is 29.8 Å². The molecule has 0 spiro atoms. The molecule has 1 N–H and O–H groups in total. The number of anilines is 1. The number of nitrogens with zero attached hydrogens (tertiary/aromatic N) is 2. The molecule has 3 atom stereocenters. The maximum absolute atomic E-state index is 12.8. The number of nitrogens with one attached hydrogen (secondary N) is 1. The topological polar surface area (TPSA) is 35.6 Å². The number of hydrogen-bond acceptors (Lipinski definition) is 3. The zero-order valence-electron chi connectivity index (χ0n) is 12.6. The Morgan fingerprint density at radius 3 is 2.71 bits per heavy atom. The summed E-state index contributed by atoms with van der Waals surface area (Å²) in [5, 5.41) is 3.45. The summed E-state index contributed by atoms with van der Waals surface area (Å²) >= 11 is 0. The molecule has 2 saturated heterocycles. The molecule has 4 heteroatoms. The molecule has 0 aliphatic carbocycles. The van der Waals surface area contributed by atoms with E-state index in [2.05, 4.69) is 35.3 Å². The molecular formula is C17H23N3O. The minimum atomic E-state index is 0.264. The number of likely N-dealkylation sites (tertiary alicyclic amines) is 1. The highest BCUT2D eigenvalue weighted by Gasteiger charge is 2.38. The molecule has 3 heterocycles. The predicted molar refractivity (Wildman–Crippen MR) is 83.4 cm³/mol. The highest BCUT2D eigenvalue weighted by Crippen LogP contribution is 2.32. The van der Waals surface area contributed by atoms with Crippen LogP contribution in [0.1, 0.15) is 12.5 Å². The van der Waals surface area contributed by atoms with Gasteiger partial charge in [0.25, 0.3) is 0 Å². The number of carbonyl (C=O) groups excluding carboxylic acids is 1. The van der Waals surface area contributed by atoms with E-state index in [0.717, 1.165) is 50.1 Å². The monoisotopic (exact) mass is 285 g/mol. The molecule has 1 aromatic carbocycles. The summed E-state index contributed by atoms with van der Waals surface area (Å²) in [6.45, 7) is 7.13. The summed E-state index contributed by atoms with van der Waals surface area (Å²) < 4.78 is 0. The number of rotatable bonds is 2. The highest BCUT2D eigenvalue weighted by atomic mass is 16.2. The summed E-state index contributed by atoms with van der Waals surface area (Å²) in [5.41, 5.74) is 2.43. The van der Waals surface area contributed by atoms with Crippen LogP contribution >= 0.6 is 0 Å². The second-order valence-electron chi connectivity index (χ2n) is 6.82. The van der Waals surface area contributed by atoms with E-state index in [1.807, 2.05) is 11.0 Å². The number of hydrogen-bond donors (Lipinski definition) is 1. The Kier molecular flexibility index (Phi) is 3.23. The molecule has 3 aliphatic rings. The predicted octanol–water partition coefficient (Wildman–Crippen LogP) is 1.12. The van der Waals surface area contributed by atoms with Crippen LogP contribution in [0.5, 0.6) is 0 Å². The van der Waals surface area contributed by atoms with Crippen LogP contribution in [-0.2, 0) is 11.2 Å². The Balaban J connectivity index is 1.46. The van der Waals surface area contributed by atoms with Crippen LogP contribution in [0.25, 0.3) is 0 Å². The molecule has 0 aromatic heterocycles. The first kappa shape index (κ1) is 13.3. The van der Waals surface area contributed by atoms with Crippen molar-refractivity contribution in [3.63, 3.8) is 0 Å². The average molecular weight is 285 g/mol. The van der Waals surface area contributed by atoms with Crippen molar-refractivity contribution in [2.45, 2.75) is 19.4 Å². The third-order valence-electron chi connectivity index (χ3n) is 5.30. The first-order valence-corrected chi connectivity index (χ1v) is 8.05. The van der Waals surface area contributed by atoms with Gasteiger partial charge in [0, 0.05) is 24.8 Å². The van der Waals surface area contributed by atoms with Gasteiger partial charge in [0.05, 0.1) is 6.54 Å². The minimum absolute atomic E-state index is 0.264. The molecule has 1 amide bonds. The van der Waals surface area contributed by atoms with Gasteiger partial charge in [0.2, 0.25) is 5.91 Å². The van der Waals surface area contributed by atoms with Crippen LogP contribution in [0.2, 0.25) is 0 Å². The Morgan fingerprint density at radius 2 is 1.95 bits per heavy atom. The average Bonchev–Trinajstić information content (AvgIpc) is 3.09. The molecule has 4 rings (SSSR count).